The molecular weight excluding hydrogens is 326 g/mol. The Hall–Kier alpha value is -1.32. The van der Waals surface area contributed by atoms with Crippen molar-refractivity contribution in [3.05, 3.63) is 17.0 Å². The highest BCUT2D eigenvalue weighted by Gasteiger charge is 2.41. The van der Waals surface area contributed by atoms with E-state index in [4.69, 9.17) is 9.26 Å². The first-order valence-electron chi connectivity index (χ1n) is 10.2. The van der Waals surface area contributed by atoms with E-state index >= 15 is 0 Å². The van der Waals surface area contributed by atoms with Gasteiger partial charge in [0.1, 0.15) is 11.4 Å². The van der Waals surface area contributed by atoms with Crippen LogP contribution in [-0.4, -0.2) is 16.7 Å². The molecule has 0 aliphatic heterocycles. The number of carbonyl (C=O) groups excluding carboxylic acids is 1. The highest BCUT2D eigenvalue weighted by molar-refractivity contribution is 5.70. The van der Waals surface area contributed by atoms with E-state index in [1.165, 1.54) is 37.7 Å². The topological polar surface area (TPSA) is 52.3 Å². The van der Waals surface area contributed by atoms with Gasteiger partial charge in [-0.1, -0.05) is 25.9 Å². The lowest BCUT2D eigenvalue weighted by Crippen LogP contribution is -2.26. The second-order valence-electron chi connectivity index (χ2n) is 10.6. The normalized spacial score (nSPS) is 23.6. The molecule has 2 saturated carbocycles. The molecule has 2 aliphatic carbocycles. The van der Waals surface area contributed by atoms with Crippen LogP contribution < -0.4 is 0 Å². The largest absolute Gasteiger partial charge is 0.460 e. The fourth-order valence-corrected chi connectivity index (χ4v) is 4.22. The van der Waals surface area contributed by atoms with Crippen LogP contribution in [0.3, 0.4) is 0 Å². The van der Waals surface area contributed by atoms with Gasteiger partial charge in [0.05, 0.1) is 12.1 Å². The molecular formula is C22H35NO3. The van der Waals surface area contributed by atoms with Crippen molar-refractivity contribution in [3.8, 4) is 0 Å². The van der Waals surface area contributed by atoms with Gasteiger partial charge in [-0.05, 0) is 70.1 Å². The minimum Gasteiger partial charge on any atom is -0.460 e. The number of esters is 1. The van der Waals surface area contributed by atoms with E-state index in [2.05, 4.69) is 25.9 Å². The third-order valence-electron chi connectivity index (χ3n) is 5.31. The molecule has 4 nitrogen and oxygen atoms in total. The Morgan fingerprint density at radius 1 is 1.12 bits per heavy atom. The summed E-state index contributed by atoms with van der Waals surface area (Å²) in [5.74, 6) is 2.91. The lowest BCUT2D eigenvalue weighted by Gasteiger charge is -2.38. The Kier molecular flexibility index (Phi) is 5.24. The second kappa shape index (κ2) is 7.01. The zero-order valence-electron chi connectivity index (χ0n) is 17.4. The highest BCUT2D eigenvalue weighted by atomic mass is 16.6. The van der Waals surface area contributed by atoms with E-state index in [1.807, 2.05) is 20.8 Å². The minimum absolute atomic E-state index is 0.155. The van der Waals surface area contributed by atoms with Crippen LogP contribution in [0, 0.1) is 11.3 Å². The van der Waals surface area contributed by atoms with Crippen LogP contribution in [0.15, 0.2) is 4.52 Å². The number of nitrogens with zero attached hydrogens (tertiary/aromatic N) is 1. The number of hydrogen-bond donors (Lipinski definition) is 0. The summed E-state index contributed by atoms with van der Waals surface area (Å²) in [7, 11) is 0. The second-order valence-corrected chi connectivity index (χ2v) is 10.6. The van der Waals surface area contributed by atoms with Crippen molar-refractivity contribution >= 4 is 5.97 Å². The van der Waals surface area contributed by atoms with E-state index < -0.39 is 5.60 Å². The third kappa shape index (κ3) is 5.11. The maximum atomic E-state index is 12.0. The molecule has 0 unspecified atom stereocenters. The lowest BCUT2D eigenvalue weighted by molar-refractivity contribution is -0.154. The Morgan fingerprint density at radius 3 is 2.31 bits per heavy atom. The van der Waals surface area contributed by atoms with E-state index in [0.29, 0.717) is 30.1 Å². The van der Waals surface area contributed by atoms with Gasteiger partial charge in [0.2, 0.25) is 0 Å². The molecule has 0 bridgehead atoms. The van der Waals surface area contributed by atoms with E-state index in [9.17, 15) is 4.79 Å². The predicted molar refractivity (Wildman–Crippen MR) is 102 cm³/mol. The first kappa shape index (κ1) is 19.4. The van der Waals surface area contributed by atoms with Gasteiger partial charge >= 0.3 is 5.97 Å². The first-order chi connectivity index (χ1) is 12.0. The summed E-state index contributed by atoms with van der Waals surface area (Å²) in [6.45, 7) is 12.7. The smallest absolute Gasteiger partial charge is 0.306 e. The van der Waals surface area contributed by atoms with Gasteiger partial charge in [-0.3, -0.25) is 4.79 Å². The maximum absolute atomic E-state index is 12.0. The van der Waals surface area contributed by atoms with E-state index in [1.54, 1.807) is 0 Å². The molecule has 1 aromatic heterocycles. The third-order valence-corrected chi connectivity index (χ3v) is 5.31. The molecule has 0 atom stereocenters. The van der Waals surface area contributed by atoms with Crippen LogP contribution in [0.25, 0.3) is 0 Å². The van der Waals surface area contributed by atoms with Crippen molar-refractivity contribution in [1.82, 2.24) is 5.16 Å². The molecule has 0 radical (unpaired) electrons. The maximum Gasteiger partial charge on any atom is 0.306 e. The molecule has 26 heavy (non-hydrogen) atoms. The van der Waals surface area contributed by atoms with Gasteiger partial charge in [-0.2, -0.15) is 0 Å². The average molecular weight is 362 g/mol. The molecule has 0 N–H and O–H groups in total. The van der Waals surface area contributed by atoms with Crippen LogP contribution in [0.5, 0.6) is 0 Å². The zero-order chi connectivity index (χ0) is 19.1. The summed E-state index contributed by atoms with van der Waals surface area (Å²) in [5.41, 5.74) is 2.29. The van der Waals surface area contributed by atoms with Gasteiger partial charge in [0.25, 0.3) is 0 Å². The van der Waals surface area contributed by atoms with Gasteiger partial charge in [0.15, 0.2) is 0 Å². The molecule has 0 spiro atoms. The molecule has 3 rings (SSSR count). The van der Waals surface area contributed by atoms with E-state index in [0.717, 1.165) is 17.4 Å². The molecule has 0 amide bonds. The van der Waals surface area contributed by atoms with Crippen LogP contribution >= 0.6 is 0 Å². The first-order valence-corrected chi connectivity index (χ1v) is 10.2. The zero-order valence-corrected chi connectivity index (χ0v) is 17.4. The number of aryl methyl sites for hydroxylation is 1. The predicted octanol–water partition coefficient (Wildman–Crippen LogP) is 5.76. The molecule has 4 heteroatoms. The van der Waals surface area contributed by atoms with Crippen molar-refractivity contribution in [3.63, 3.8) is 0 Å². The number of aromatic nitrogens is 1. The fourth-order valence-electron chi connectivity index (χ4n) is 4.22. The molecule has 2 fully saturated rings. The molecule has 0 saturated heterocycles. The molecule has 1 aromatic rings. The number of hydrogen-bond acceptors (Lipinski definition) is 4. The van der Waals surface area contributed by atoms with Crippen LogP contribution in [0.1, 0.15) is 109 Å². The fraction of sp³-hybridized carbons (Fsp3) is 0.818. The molecule has 0 aromatic carbocycles. The van der Waals surface area contributed by atoms with Crippen LogP contribution in [0.4, 0.5) is 0 Å². The van der Waals surface area contributed by atoms with Crippen LogP contribution in [0.2, 0.25) is 0 Å². The number of ether oxygens (including phenoxy) is 1. The summed E-state index contributed by atoms with van der Waals surface area (Å²) in [5, 5.41) is 4.37. The van der Waals surface area contributed by atoms with Gasteiger partial charge in [-0.25, -0.2) is 0 Å². The summed E-state index contributed by atoms with van der Waals surface area (Å²) in [6, 6.07) is 0. The van der Waals surface area contributed by atoms with Gasteiger partial charge < -0.3 is 9.26 Å². The Labute approximate surface area is 158 Å². The van der Waals surface area contributed by atoms with Gasteiger partial charge in [-0.15, -0.1) is 0 Å². The number of rotatable bonds is 6. The summed E-state index contributed by atoms with van der Waals surface area (Å²) >= 11 is 0. The van der Waals surface area contributed by atoms with Crippen molar-refractivity contribution in [2.45, 2.75) is 104 Å². The average Bonchev–Trinajstić information content (AvgIpc) is 3.18. The Balaban J connectivity index is 1.60. The highest BCUT2D eigenvalue weighted by Crippen LogP contribution is 2.52. The quantitative estimate of drug-likeness (QED) is 0.605. The standard InChI is InChI=1S/C22H35NO3/c1-21(2,3)13-14-11-16(12-14)20-19(15-7-8-15)17(23-26-20)9-10-18(24)25-22(4,5)6/h14-16H,7-13H2,1-6H3/t14-,16+. The van der Waals surface area contributed by atoms with Crippen molar-refractivity contribution in [2.75, 3.05) is 0 Å². The van der Waals surface area contributed by atoms with Crippen molar-refractivity contribution in [1.29, 1.82) is 0 Å². The lowest BCUT2D eigenvalue weighted by atomic mass is 9.67. The minimum atomic E-state index is -0.431. The SMILES string of the molecule is CC(C)(C)C[C@H]1C[C@@H](c2onc(CCC(=O)OC(C)(C)C)c2C2CC2)C1. The molecule has 2 aliphatic rings. The molecule has 1 heterocycles. The molecule has 146 valence electrons. The Bertz CT molecular complexity index is 637. The van der Waals surface area contributed by atoms with Gasteiger partial charge in [0, 0.05) is 17.9 Å². The summed E-state index contributed by atoms with van der Waals surface area (Å²) in [4.78, 5) is 12.0. The monoisotopic (exact) mass is 361 g/mol. The number of carbonyl (C=O) groups is 1. The summed E-state index contributed by atoms with van der Waals surface area (Å²) < 4.78 is 11.2. The summed E-state index contributed by atoms with van der Waals surface area (Å²) in [6.07, 6.45) is 7.18. The van der Waals surface area contributed by atoms with Crippen molar-refractivity contribution in [2.24, 2.45) is 11.3 Å². The Morgan fingerprint density at radius 2 is 1.77 bits per heavy atom. The van der Waals surface area contributed by atoms with Crippen molar-refractivity contribution < 1.29 is 14.1 Å². The van der Waals surface area contributed by atoms with E-state index in [-0.39, 0.29) is 5.97 Å². The van der Waals surface area contributed by atoms with Crippen LogP contribution in [-0.2, 0) is 16.0 Å².